The number of hydrogen-bond acceptors (Lipinski definition) is 5. The number of anilines is 1. The molecule has 0 aliphatic heterocycles. The van der Waals surface area contributed by atoms with Crippen LogP contribution in [0.2, 0.25) is 0 Å². The summed E-state index contributed by atoms with van der Waals surface area (Å²) < 4.78 is 10.9. The zero-order valence-corrected chi connectivity index (χ0v) is 14.8. The molecule has 0 aliphatic rings. The van der Waals surface area contributed by atoms with E-state index >= 15 is 0 Å². The molecular formula is C20H21N3O3. The van der Waals surface area contributed by atoms with Gasteiger partial charge in [0.1, 0.15) is 11.5 Å². The van der Waals surface area contributed by atoms with Crippen LogP contribution in [0, 0.1) is 6.92 Å². The first-order valence-electron chi connectivity index (χ1n) is 8.32. The lowest BCUT2D eigenvalue weighted by atomic mass is 10.2. The molecule has 0 spiro atoms. The molecule has 1 amide bonds. The Morgan fingerprint density at radius 1 is 1.15 bits per heavy atom. The first kappa shape index (κ1) is 17.7. The molecule has 0 bridgehead atoms. The van der Waals surface area contributed by atoms with Crippen LogP contribution in [0.5, 0.6) is 11.5 Å². The lowest BCUT2D eigenvalue weighted by Crippen LogP contribution is -2.30. The van der Waals surface area contributed by atoms with Crippen LogP contribution in [0.1, 0.15) is 11.5 Å². The maximum Gasteiger partial charge on any atom is 0.238 e. The van der Waals surface area contributed by atoms with Crippen molar-refractivity contribution in [1.29, 1.82) is 0 Å². The average Bonchev–Trinajstić information content (AvgIpc) is 3.02. The molecule has 3 rings (SSSR count). The smallest absolute Gasteiger partial charge is 0.238 e. The highest BCUT2D eigenvalue weighted by atomic mass is 16.5. The van der Waals surface area contributed by atoms with E-state index in [0.717, 1.165) is 11.5 Å². The van der Waals surface area contributed by atoms with Crippen LogP contribution in [-0.2, 0) is 11.3 Å². The number of nitrogens with zero attached hydrogens (tertiary/aromatic N) is 2. The van der Waals surface area contributed by atoms with Crippen molar-refractivity contribution in [3.63, 3.8) is 0 Å². The second-order valence-corrected chi connectivity index (χ2v) is 6.06. The molecule has 1 N–H and O–H groups in total. The van der Waals surface area contributed by atoms with Gasteiger partial charge in [-0.2, -0.15) is 0 Å². The fraction of sp³-hybridized carbons (Fsp3) is 0.200. The molecule has 3 aromatic rings. The summed E-state index contributed by atoms with van der Waals surface area (Å²) in [6.45, 7) is 2.60. The summed E-state index contributed by atoms with van der Waals surface area (Å²) >= 11 is 0. The summed E-state index contributed by atoms with van der Waals surface area (Å²) in [5.41, 5.74) is 1.43. The molecule has 2 aromatic carbocycles. The van der Waals surface area contributed by atoms with E-state index in [-0.39, 0.29) is 12.5 Å². The van der Waals surface area contributed by atoms with Crippen LogP contribution < -0.4 is 10.1 Å². The summed E-state index contributed by atoms with van der Waals surface area (Å²) in [6, 6.07) is 18.7. The van der Waals surface area contributed by atoms with Gasteiger partial charge in [0.2, 0.25) is 5.91 Å². The van der Waals surface area contributed by atoms with Crippen LogP contribution in [0.3, 0.4) is 0 Å². The number of amides is 1. The lowest BCUT2D eigenvalue weighted by molar-refractivity contribution is -0.117. The van der Waals surface area contributed by atoms with Crippen molar-refractivity contribution >= 4 is 11.6 Å². The Kier molecular flexibility index (Phi) is 5.66. The van der Waals surface area contributed by atoms with Crippen molar-refractivity contribution in [1.82, 2.24) is 10.1 Å². The Labute approximate surface area is 152 Å². The second-order valence-electron chi connectivity index (χ2n) is 6.06. The molecule has 0 unspecified atom stereocenters. The zero-order valence-electron chi connectivity index (χ0n) is 14.8. The van der Waals surface area contributed by atoms with Crippen LogP contribution in [0.4, 0.5) is 5.69 Å². The molecule has 0 radical (unpaired) electrons. The second kappa shape index (κ2) is 8.31. The third-order valence-electron chi connectivity index (χ3n) is 3.65. The van der Waals surface area contributed by atoms with Crippen molar-refractivity contribution in [2.75, 3.05) is 18.9 Å². The molecule has 1 aromatic heterocycles. The SMILES string of the molecule is Cc1cc(CN(C)CC(=O)Nc2ccccc2Oc2ccccc2)no1. The molecular weight excluding hydrogens is 330 g/mol. The standard InChI is InChI=1S/C20H21N3O3/c1-15-12-16(22-26-15)13-23(2)14-20(24)21-18-10-6-7-11-19(18)25-17-8-4-3-5-9-17/h3-12H,13-14H2,1-2H3,(H,21,24). The van der Waals surface area contributed by atoms with Crippen molar-refractivity contribution < 1.29 is 14.1 Å². The van der Waals surface area contributed by atoms with Crippen molar-refractivity contribution in [3.8, 4) is 11.5 Å². The highest BCUT2D eigenvalue weighted by Crippen LogP contribution is 2.29. The Morgan fingerprint density at radius 2 is 1.88 bits per heavy atom. The predicted molar refractivity (Wildman–Crippen MR) is 99.2 cm³/mol. The molecule has 0 aliphatic carbocycles. The van der Waals surface area contributed by atoms with Crippen LogP contribution in [0.15, 0.2) is 65.2 Å². The van der Waals surface area contributed by atoms with Crippen molar-refractivity contribution in [2.45, 2.75) is 13.5 Å². The van der Waals surface area contributed by atoms with Crippen molar-refractivity contribution in [3.05, 3.63) is 72.1 Å². The van der Waals surface area contributed by atoms with Crippen LogP contribution >= 0.6 is 0 Å². The topological polar surface area (TPSA) is 67.6 Å². The van der Waals surface area contributed by atoms with Gasteiger partial charge >= 0.3 is 0 Å². The number of aromatic nitrogens is 1. The number of carbonyl (C=O) groups excluding carboxylic acids is 1. The monoisotopic (exact) mass is 351 g/mol. The van der Waals surface area contributed by atoms with Crippen LogP contribution in [-0.4, -0.2) is 29.6 Å². The molecule has 0 saturated heterocycles. The first-order valence-corrected chi connectivity index (χ1v) is 8.32. The van der Waals surface area contributed by atoms with E-state index in [0.29, 0.717) is 23.7 Å². The molecule has 0 fully saturated rings. The van der Waals surface area contributed by atoms with E-state index in [1.807, 2.05) is 79.5 Å². The number of nitrogens with one attached hydrogen (secondary N) is 1. The maximum atomic E-state index is 12.4. The summed E-state index contributed by atoms with van der Waals surface area (Å²) in [5.74, 6) is 1.94. The van der Waals surface area contributed by atoms with Gasteiger partial charge in [-0.15, -0.1) is 0 Å². The van der Waals surface area contributed by atoms with Gasteiger partial charge in [-0.3, -0.25) is 9.69 Å². The lowest BCUT2D eigenvalue weighted by Gasteiger charge is -2.16. The number of rotatable bonds is 7. The van der Waals surface area contributed by atoms with Gasteiger partial charge in [0.15, 0.2) is 5.75 Å². The number of hydrogen-bond donors (Lipinski definition) is 1. The number of ether oxygens (including phenoxy) is 1. The van der Waals surface area contributed by atoms with Gasteiger partial charge in [-0.1, -0.05) is 35.5 Å². The van der Waals surface area contributed by atoms with Gasteiger partial charge in [0, 0.05) is 12.6 Å². The first-order chi connectivity index (χ1) is 12.6. The molecule has 6 heteroatoms. The Balaban J connectivity index is 1.60. The zero-order chi connectivity index (χ0) is 18.4. The van der Waals surface area contributed by atoms with Gasteiger partial charge < -0.3 is 14.6 Å². The molecule has 1 heterocycles. The summed E-state index contributed by atoms with van der Waals surface area (Å²) in [7, 11) is 1.86. The van der Waals surface area contributed by atoms with Gasteiger partial charge in [0.05, 0.1) is 17.9 Å². The van der Waals surface area contributed by atoms with Gasteiger partial charge in [0.25, 0.3) is 0 Å². The summed E-state index contributed by atoms with van der Waals surface area (Å²) in [4.78, 5) is 14.2. The minimum Gasteiger partial charge on any atom is -0.455 e. The predicted octanol–water partition coefficient (Wildman–Crippen LogP) is 3.85. The fourth-order valence-electron chi connectivity index (χ4n) is 2.53. The quantitative estimate of drug-likeness (QED) is 0.700. The van der Waals surface area contributed by atoms with Gasteiger partial charge in [-0.25, -0.2) is 0 Å². The minimum atomic E-state index is -0.128. The number of likely N-dealkylation sites (N-methyl/N-ethyl adjacent to an activating group) is 1. The molecule has 134 valence electrons. The number of benzene rings is 2. The number of aryl methyl sites for hydroxylation is 1. The highest BCUT2D eigenvalue weighted by molar-refractivity contribution is 5.93. The molecule has 26 heavy (non-hydrogen) atoms. The summed E-state index contributed by atoms with van der Waals surface area (Å²) in [6.07, 6.45) is 0. The Morgan fingerprint density at radius 3 is 2.62 bits per heavy atom. The third-order valence-corrected chi connectivity index (χ3v) is 3.65. The molecule has 6 nitrogen and oxygen atoms in total. The van der Waals surface area contributed by atoms with Crippen molar-refractivity contribution in [2.24, 2.45) is 0 Å². The van der Waals surface area contributed by atoms with E-state index in [1.54, 1.807) is 0 Å². The molecule has 0 saturated carbocycles. The normalized spacial score (nSPS) is 10.7. The number of para-hydroxylation sites is 3. The third kappa shape index (κ3) is 4.94. The Bertz CT molecular complexity index is 862. The van der Waals surface area contributed by atoms with Gasteiger partial charge in [-0.05, 0) is 38.2 Å². The fourth-order valence-corrected chi connectivity index (χ4v) is 2.53. The minimum absolute atomic E-state index is 0.128. The van der Waals surface area contributed by atoms with Crippen LogP contribution in [0.25, 0.3) is 0 Å². The van der Waals surface area contributed by atoms with E-state index in [2.05, 4.69) is 10.5 Å². The summed E-state index contributed by atoms with van der Waals surface area (Å²) in [5, 5.41) is 6.84. The highest BCUT2D eigenvalue weighted by Gasteiger charge is 2.12. The average molecular weight is 351 g/mol. The van der Waals surface area contributed by atoms with E-state index < -0.39 is 0 Å². The van der Waals surface area contributed by atoms with E-state index in [1.165, 1.54) is 0 Å². The number of carbonyl (C=O) groups is 1. The van der Waals surface area contributed by atoms with E-state index in [9.17, 15) is 4.79 Å². The molecule has 0 atom stereocenters. The largest absolute Gasteiger partial charge is 0.455 e. The van der Waals surface area contributed by atoms with E-state index in [4.69, 9.17) is 9.26 Å². The maximum absolute atomic E-state index is 12.4. The Hall–Kier alpha value is -3.12.